The average molecular weight is 443 g/mol. The second-order valence-electron chi connectivity index (χ2n) is 6.62. The number of hydrogen-bond donors (Lipinski definition) is 2. The first-order valence-electron chi connectivity index (χ1n) is 9.49. The van der Waals surface area contributed by atoms with Crippen LogP contribution < -0.4 is 14.4 Å². The van der Waals surface area contributed by atoms with Crippen LogP contribution in [0.15, 0.2) is 41.3 Å². The first-order chi connectivity index (χ1) is 14.8. The number of carbonyl (C=O) groups excluding carboxylic acids is 2. The van der Waals surface area contributed by atoms with E-state index >= 15 is 0 Å². The number of thioether (sulfide) groups is 1. The number of ether oxygens (including phenoxy) is 2. The van der Waals surface area contributed by atoms with E-state index in [1.54, 1.807) is 38.1 Å². The molecule has 0 atom stereocenters. The Morgan fingerprint density at radius 2 is 1.90 bits per heavy atom. The van der Waals surface area contributed by atoms with Crippen LogP contribution in [0.4, 0.5) is 10.5 Å². The van der Waals surface area contributed by atoms with Crippen LogP contribution in [0.3, 0.4) is 0 Å². The minimum absolute atomic E-state index is 0.000373. The summed E-state index contributed by atoms with van der Waals surface area (Å²) in [6.07, 6.45) is 1.45. The number of phenols is 1. The van der Waals surface area contributed by atoms with E-state index in [1.165, 1.54) is 18.2 Å². The molecule has 162 valence electrons. The highest BCUT2D eigenvalue weighted by Gasteiger charge is 2.37. The Balaban J connectivity index is 1.85. The number of aryl methyl sites for hydroxylation is 1. The second kappa shape index (κ2) is 9.57. The zero-order valence-corrected chi connectivity index (χ0v) is 17.8. The van der Waals surface area contributed by atoms with Gasteiger partial charge in [-0.05, 0) is 73.1 Å². The van der Waals surface area contributed by atoms with Gasteiger partial charge in [0.2, 0.25) is 0 Å². The van der Waals surface area contributed by atoms with Gasteiger partial charge in [0.15, 0.2) is 11.5 Å². The number of phenolic OH excluding ortho intramolecular Hbond substituents is 1. The van der Waals surface area contributed by atoms with Crippen LogP contribution in [0.1, 0.15) is 24.5 Å². The lowest BCUT2D eigenvalue weighted by atomic mass is 10.1. The summed E-state index contributed by atoms with van der Waals surface area (Å²) in [7, 11) is 0. The summed E-state index contributed by atoms with van der Waals surface area (Å²) in [6, 6.07) is 9.43. The Labute approximate surface area is 183 Å². The van der Waals surface area contributed by atoms with Gasteiger partial charge in [0.25, 0.3) is 11.1 Å². The molecular formula is C22H21NO7S. The molecule has 2 aromatic carbocycles. The highest BCUT2D eigenvalue weighted by molar-refractivity contribution is 8.19. The number of hydrogen-bond acceptors (Lipinski definition) is 7. The fraction of sp³-hybridized carbons (Fsp3) is 0.227. The molecule has 1 aliphatic heterocycles. The Bertz CT molecular complexity index is 1060. The molecule has 2 amide bonds. The van der Waals surface area contributed by atoms with E-state index in [4.69, 9.17) is 14.6 Å². The van der Waals surface area contributed by atoms with Crippen LogP contribution >= 0.6 is 11.8 Å². The number of benzene rings is 2. The zero-order chi connectivity index (χ0) is 22.5. The number of carboxylic acid groups (broad SMARTS) is 1. The normalized spacial score (nSPS) is 14.9. The van der Waals surface area contributed by atoms with Gasteiger partial charge in [-0.2, -0.15) is 0 Å². The molecule has 1 aliphatic rings. The summed E-state index contributed by atoms with van der Waals surface area (Å²) in [5.74, 6) is -0.557. The largest absolute Gasteiger partial charge is 0.508 e. The molecule has 1 saturated heterocycles. The Hall–Kier alpha value is -3.46. The predicted octanol–water partition coefficient (Wildman–Crippen LogP) is 4.19. The SMILES string of the molecule is CCOc1cc(/C=C2/SC(=O)N(c3ccc(O)cc3C)C2=O)ccc1OCCC(=O)O. The fourth-order valence-corrected chi connectivity index (χ4v) is 3.80. The van der Waals surface area contributed by atoms with Crippen molar-refractivity contribution in [3.8, 4) is 17.2 Å². The number of carboxylic acids is 1. The first-order valence-corrected chi connectivity index (χ1v) is 10.3. The molecule has 0 bridgehead atoms. The van der Waals surface area contributed by atoms with Gasteiger partial charge in [-0.25, -0.2) is 4.90 Å². The van der Waals surface area contributed by atoms with E-state index in [0.717, 1.165) is 16.7 Å². The van der Waals surface area contributed by atoms with Gasteiger partial charge in [-0.15, -0.1) is 0 Å². The van der Waals surface area contributed by atoms with Gasteiger partial charge in [0.1, 0.15) is 5.75 Å². The molecule has 0 spiro atoms. The fourth-order valence-electron chi connectivity index (χ4n) is 2.97. The van der Waals surface area contributed by atoms with Gasteiger partial charge < -0.3 is 19.7 Å². The van der Waals surface area contributed by atoms with E-state index in [1.807, 2.05) is 0 Å². The lowest BCUT2D eigenvalue weighted by Crippen LogP contribution is -2.28. The highest BCUT2D eigenvalue weighted by atomic mass is 32.2. The number of imide groups is 1. The Kier molecular flexibility index (Phi) is 6.86. The number of anilines is 1. The molecule has 0 unspecified atom stereocenters. The third-order valence-corrected chi connectivity index (χ3v) is 5.22. The van der Waals surface area contributed by atoms with Crippen LogP contribution in [0.5, 0.6) is 17.2 Å². The van der Waals surface area contributed by atoms with E-state index < -0.39 is 17.1 Å². The number of aliphatic carboxylic acids is 1. The van der Waals surface area contributed by atoms with Crippen molar-refractivity contribution >= 4 is 40.6 Å². The molecule has 0 saturated carbocycles. The van der Waals surface area contributed by atoms with Gasteiger partial charge in [-0.1, -0.05) is 6.07 Å². The first kappa shape index (κ1) is 22.2. The quantitative estimate of drug-likeness (QED) is 0.584. The van der Waals surface area contributed by atoms with Crippen molar-refractivity contribution in [2.24, 2.45) is 0 Å². The summed E-state index contributed by atoms with van der Waals surface area (Å²) >= 11 is 0.824. The summed E-state index contributed by atoms with van der Waals surface area (Å²) in [6.45, 7) is 3.88. The summed E-state index contributed by atoms with van der Waals surface area (Å²) in [4.78, 5) is 37.4. The molecule has 2 aromatic rings. The van der Waals surface area contributed by atoms with Crippen molar-refractivity contribution < 1.29 is 34.1 Å². The topological polar surface area (TPSA) is 113 Å². The van der Waals surface area contributed by atoms with Crippen molar-refractivity contribution in [3.63, 3.8) is 0 Å². The van der Waals surface area contributed by atoms with Crippen molar-refractivity contribution in [2.45, 2.75) is 20.3 Å². The molecule has 2 N–H and O–H groups in total. The lowest BCUT2D eigenvalue weighted by Gasteiger charge is -2.15. The summed E-state index contributed by atoms with van der Waals surface area (Å²) < 4.78 is 11.1. The number of rotatable bonds is 8. The van der Waals surface area contributed by atoms with E-state index in [2.05, 4.69) is 0 Å². The van der Waals surface area contributed by atoms with Crippen molar-refractivity contribution in [1.82, 2.24) is 0 Å². The van der Waals surface area contributed by atoms with Crippen molar-refractivity contribution in [1.29, 1.82) is 0 Å². The van der Waals surface area contributed by atoms with Crippen molar-refractivity contribution in [2.75, 3.05) is 18.1 Å². The van der Waals surface area contributed by atoms with E-state index in [9.17, 15) is 19.5 Å². The molecular weight excluding hydrogens is 422 g/mol. The molecule has 1 fully saturated rings. The van der Waals surface area contributed by atoms with E-state index in [0.29, 0.717) is 34.9 Å². The zero-order valence-electron chi connectivity index (χ0n) is 17.0. The summed E-state index contributed by atoms with van der Waals surface area (Å²) in [5.41, 5.74) is 1.65. The molecule has 9 heteroatoms. The molecule has 0 aromatic heterocycles. The highest BCUT2D eigenvalue weighted by Crippen LogP contribution is 2.38. The van der Waals surface area contributed by atoms with Crippen LogP contribution in [0, 0.1) is 6.92 Å². The van der Waals surface area contributed by atoms with Crippen LogP contribution in [0.2, 0.25) is 0 Å². The molecule has 0 aliphatic carbocycles. The van der Waals surface area contributed by atoms with Gasteiger partial charge in [0, 0.05) is 0 Å². The molecule has 31 heavy (non-hydrogen) atoms. The smallest absolute Gasteiger partial charge is 0.306 e. The van der Waals surface area contributed by atoms with Crippen molar-refractivity contribution in [3.05, 3.63) is 52.4 Å². The van der Waals surface area contributed by atoms with Gasteiger partial charge >= 0.3 is 5.97 Å². The van der Waals surface area contributed by atoms with E-state index in [-0.39, 0.29) is 23.7 Å². The second-order valence-corrected chi connectivity index (χ2v) is 7.61. The van der Waals surface area contributed by atoms with Gasteiger partial charge in [-0.3, -0.25) is 14.4 Å². The van der Waals surface area contributed by atoms with Crippen LogP contribution in [-0.2, 0) is 9.59 Å². The van der Waals surface area contributed by atoms with Crippen LogP contribution in [-0.4, -0.2) is 40.5 Å². The number of carbonyl (C=O) groups is 3. The third kappa shape index (κ3) is 5.18. The standard InChI is InChI=1S/C22H21NO7S/c1-3-29-18-11-14(4-7-17(18)30-9-8-20(25)26)12-19-21(27)23(22(28)31-19)16-6-5-15(24)10-13(16)2/h4-7,10-12,24H,3,8-9H2,1-2H3,(H,25,26)/b19-12+. The average Bonchev–Trinajstić information content (AvgIpc) is 2.97. The number of nitrogens with zero attached hydrogens (tertiary/aromatic N) is 1. The monoisotopic (exact) mass is 443 g/mol. The van der Waals surface area contributed by atoms with Crippen LogP contribution in [0.25, 0.3) is 6.08 Å². The Morgan fingerprint density at radius 1 is 1.13 bits per heavy atom. The molecule has 8 nitrogen and oxygen atoms in total. The maximum atomic E-state index is 12.9. The molecule has 0 radical (unpaired) electrons. The molecule has 1 heterocycles. The lowest BCUT2D eigenvalue weighted by molar-refractivity contribution is -0.137. The predicted molar refractivity (Wildman–Crippen MR) is 117 cm³/mol. The maximum absolute atomic E-state index is 12.9. The van der Waals surface area contributed by atoms with Gasteiger partial charge in [0.05, 0.1) is 30.2 Å². The number of aromatic hydroxyl groups is 1. The maximum Gasteiger partial charge on any atom is 0.306 e. The minimum Gasteiger partial charge on any atom is -0.508 e. The molecule has 3 rings (SSSR count). The third-order valence-electron chi connectivity index (χ3n) is 4.35. The minimum atomic E-state index is -0.964. The summed E-state index contributed by atoms with van der Waals surface area (Å²) in [5, 5.41) is 17.9. The Morgan fingerprint density at radius 3 is 2.58 bits per heavy atom. The number of amides is 2.